The van der Waals surface area contributed by atoms with Gasteiger partial charge in [-0.05, 0) is 24.6 Å². The minimum Gasteiger partial charge on any atom is -0.437 e. The van der Waals surface area contributed by atoms with E-state index in [1.54, 1.807) is 18.2 Å². The molecule has 0 aliphatic rings. The summed E-state index contributed by atoms with van der Waals surface area (Å²) in [5.41, 5.74) is 0.741. The smallest absolute Gasteiger partial charge is 0.227 e. The number of hydrogen-bond acceptors (Lipinski definition) is 3. The third-order valence-corrected chi connectivity index (χ3v) is 3.16. The number of aromatic nitrogens is 2. The molecule has 6 heteroatoms. The van der Waals surface area contributed by atoms with E-state index in [4.69, 9.17) is 39.5 Å². The Morgan fingerprint density at radius 2 is 1.94 bits per heavy atom. The maximum Gasteiger partial charge on any atom is 0.227 e. The molecule has 0 spiro atoms. The first-order chi connectivity index (χ1) is 8.61. The van der Waals surface area contributed by atoms with Crippen LogP contribution in [0.3, 0.4) is 0 Å². The van der Waals surface area contributed by atoms with Crippen LogP contribution in [0.25, 0.3) is 0 Å². The van der Waals surface area contributed by atoms with Crippen LogP contribution >= 0.6 is 34.8 Å². The Kier molecular flexibility index (Phi) is 4.27. The van der Waals surface area contributed by atoms with Gasteiger partial charge in [-0.1, -0.05) is 41.7 Å². The van der Waals surface area contributed by atoms with Crippen LogP contribution in [-0.4, -0.2) is 9.97 Å². The van der Waals surface area contributed by atoms with Crippen molar-refractivity contribution in [3.05, 3.63) is 45.3 Å². The molecule has 0 aliphatic carbocycles. The lowest BCUT2D eigenvalue weighted by Gasteiger charge is -2.10. The van der Waals surface area contributed by atoms with Crippen molar-refractivity contribution in [3.63, 3.8) is 0 Å². The SMILES string of the molecule is CCc1c(Cl)ncnc1Oc1ccc(Cl)cc1Cl. The van der Waals surface area contributed by atoms with E-state index in [-0.39, 0.29) is 0 Å². The standard InChI is InChI=1S/C12H9Cl3N2O/c1-2-8-11(15)16-6-17-12(8)18-10-4-3-7(13)5-9(10)14/h3-6H,2H2,1H3. The molecule has 0 atom stereocenters. The number of benzene rings is 1. The van der Waals surface area contributed by atoms with Crippen molar-refractivity contribution in [1.29, 1.82) is 0 Å². The second-order valence-electron chi connectivity index (χ2n) is 3.48. The molecule has 0 amide bonds. The topological polar surface area (TPSA) is 35.0 Å². The molecule has 0 N–H and O–H groups in total. The Bertz CT molecular complexity index is 575. The van der Waals surface area contributed by atoms with Crippen LogP contribution in [-0.2, 0) is 6.42 Å². The summed E-state index contributed by atoms with van der Waals surface area (Å²) in [4.78, 5) is 7.97. The normalized spacial score (nSPS) is 10.4. The summed E-state index contributed by atoms with van der Waals surface area (Å²) in [5.74, 6) is 0.882. The Morgan fingerprint density at radius 1 is 1.17 bits per heavy atom. The molecule has 3 nitrogen and oxygen atoms in total. The second kappa shape index (κ2) is 5.74. The Labute approximate surface area is 120 Å². The molecular formula is C12H9Cl3N2O. The number of rotatable bonds is 3. The predicted octanol–water partition coefficient (Wildman–Crippen LogP) is 4.79. The Balaban J connectivity index is 2.37. The number of nitrogens with zero attached hydrogens (tertiary/aromatic N) is 2. The third kappa shape index (κ3) is 2.86. The van der Waals surface area contributed by atoms with E-state index in [1.165, 1.54) is 6.33 Å². The van der Waals surface area contributed by atoms with Gasteiger partial charge < -0.3 is 4.74 Å². The van der Waals surface area contributed by atoms with Crippen LogP contribution < -0.4 is 4.74 Å². The summed E-state index contributed by atoms with van der Waals surface area (Å²) in [5, 5.41) is 1.34. The first-order valence-corrected chi connectivity index (χ1v) is 6.37. The zero-order valence-electron chi connectivity index (χ0n) is 9.45. The zero-order valence-corrected chi connectivity index (χ0v) is 11.7. The number of ether oxygens (including phenoxy) is 1. The highest BCUT2D eigenvalue weighted by Crippen LogP contribution is 2.33. The first-order valence-electron chi connectivity index (χ1n) is 5.24. The average Bonchev–Trinajstić information content (AvgIpc) is 2.33. The van der Waals surface area contributed by atoms with E-state index in [2.05, 4.69) is 9.97 Å². The molecule has 1 aromatic carbocycles. The maximum absolute atomic E-state index is 6.03. The van der Waals surface area contributed by atoms with Crippen molar-refractivity contribution in [2.75, 3.05) is 0 Å². The fraction of sp³-hybridized carbons (Fsp3) is 0.167. The van der Waals surface area contributed by atoms with Gasteiger partial charge in [-0.25, -0.2) is 9.97 Å². The van der Waals surface area contributed by atoms with Crippen molar-refractivity contribution in [2.24, 2.45) is 0 Å². The van der Waals surface area contributed by atoms with Crippen molar-refractivity contribution in [2.45, 2.75) is 13.3 Å². The Hall–Kier alpha value is -1.03. The van der Waals surface area contributed by atoms with Crippen LogP contribution in [0, 0.1) is 0 Å². The summed E-state index contributed by atoms with van der Waals surface area (Å²) in [6, 6.07) is 4.98. The van der Waals surface area contributed by atoms with Crippen LogP contribution in [0.2, 0.25) is 15.2 Å². The van der Waals surface area contributed by atoms with E-state index >= 15 is 0 Å². The van der Waals surface area contributed by atoms with Crippen LogP contribution in [0.5, 0.6) is 11.6 Å². The lowest BCUT2D eigenvalue weighted by atomic mass is 10.2. The molecule has 0 unspecified atom stereocenters. The molecule has 0 aliphatic heterocycles. The quantitative estimate of drug-likeness (QED) is 0.765. The van der Waals surface area contributed by atoms with Crippen molar-refractivity contribution in [3.8, 4) is 11.6 Å². The van der Waals surface area contributed by atoms with Gasteiger partial charge in [-0.15, -0.1) is 0 Å². The van der Waals surface area contributed by atoms with Crippen LogP contribution in [0.4, 0.5) is 0 Å². The monoisotopic (exact) mass is 302 g/mol. The molecule has 94 valence electrons. The van der Waals surface area contributed by atoms with Gasteiger partial charge in [0.2, 0.25) is 5.88 Å². The highest BCUT2D eigenvalue weighted by molar-refractivity contribution is 6.35. The largest absolute Gasteiger partial charge is 0.437 e. The van der Waals surface area contributed by atoms with Crippen molar-refractivity contribution >= 4 is 34.8 Å². The molecule has 18 heavy (non-hydrogen) atoms. The molecule has 2 aromatic rings. The van der Waals surface area contributed by atoms with Gasteiger partial charge in [-0.2, -0.15) is 0 Å². The second-order valence-corrected chi connectivity index (χ2v) is 4.68. The number of halogens is 3. The third-order valence-electron chi connectivity index (χ3n) is 2.31. The average molecular weight is 304 g/mol. The molecular weight excluding hydrogens is 295 g/mol. The van der Waals surface area contributed by atoms with Gasteiger partial charge in [0.15, 0.2) is 0 Å². The lowest BCUT2D eigenvalue weighted by molar-refractivity contribution is 0.455. The molecule has 0 saturated heterocycles. The highest BCUT2D eigenvalue weighted by atomic mass is 35.5. The summed E-state index contributed by atoms with van der Waals surface area (Å²) in [6.45, 7) is 1.95. The summed E-state index contributed by atoms with van der Waals surface area (Å²) < 4.78 is 5.64. The molecule has 0 fully saturated rings. The van der Waals surface area contributed by atoms with Gasteiger partial charge in [-0.3, -0.25) is 0 Å². The van der Waals surface area contributed by atoms with E-state index in [0.717, 1.165) is 5.56 Å². The molecule has 0 saturated carbocycles. The van der Waals surface area contributed by atoms with E-state index < -0.39 is 0 Å². The van der Waals surface area contributed by atoms with Gasteiger partial charge in [0.1, 0.15) is 17.2 Å². The van der Waals surface area contributed by atoms with Gasteiger partial charge >= 0.3 is 0 Å². The molecule has 2 rings (SSSR count). The minimum atomic E-state index is 0.382. The van der Waals surface area contributed by atoms with E-state index in [0.29, 0.717) is 33.2 Å². The van der Waals surface area contributed by atoms with Gasteiger partial charge in [0.05, 0.1) is 10.6 Å². The molecule has 1 heterocycles. The first kappa shape index (κ1) is 13.4. The Morgan fingerprint density at radius 3 is 2.61 bits per heavy atom. The van der Waals surface area contributed by atoms with E-state index in [9.17, 15) is 0 Å². The predicted molar refractivity (Wildman–Crippen MR) is 73.0 cm³/mol. The van der Waals surface area contributed by atoms with Gasteiger partial charge in [0, 0.05) is 5.02 Å². The fourth-order valence-corrected chi connectivity index (χ4v) is 2.13. The van der Waals surface area contributed by atoms with Crippen LogP contribution in [0.1, 0.15) is 12.5 Å². The summed E-state index contributed by atoms with van der Waals surface area (Å²) in [6.07, 6.45) is 2.01. The van der Waals surface area contributed by atoms with Crippen LogP contribution in [0.15, 0.2) is 24.5 Å². The minimum absolute atomic E-state index is 0.382. The molecule has 0 bridgehead atoms. The van der Waals surface area contributed by atoms with E-state index in [1.807, 2.05) is 6.92 Å². The van der Waals surface area contributed by atoms with Gasteiger partial charge in [0.25, 0.3) is 0 Å². The molecule has 1 aromatic heterocycles. The zero-order chi connectivity index (χ0) is 13.1. The fourth-order valence-electron chi connectivity index (χ4n) is 1.42. The van der Waals surface area contributed by atoms with Crippen molar-refractivity contribution in [1.82, 2.24) is 9.97 Å². The highest BCUT2D eigenvalue weighted by Gasteiger charge is 2.12. The lowest BCUT2D eigenvalue weighted by Crippen LogP contribution is -1.97. The molecule has 0 radical (unpaired) electrons. The summed E-state index contributed by atoms with van der Waals surface area (Å²) >= 11 is 17.8. The summed E-state index contributed by atoms with van der Waals surface area (Å²) in [7, 11) is 0. The van der Waals surface area contributed by atoms with Crippen molar-refractivity contribution < 1.29 is 4.74 Å². The maximum atomic E-state index is 6.03. The number of hydrogen-bond donors (Lipinski definition) is 0.